The highest BCUT2D eigenvalue weighted by molar-refractivity contribution is 6.31. The van der Waals surface area contributed by atoms with Crippen LogP contribution in [0.2, 0.25) is 0 Å². The van der Waals surface area contributed by atoms with E-state index in [1.165, 1.54) is 0 Å². The average Bonchev–Trinajstić information content (AvgIpc) is 2.11. The van der Waals surface area contributed by atoms with Crippen LogP contribution in [0.3, 0.4) is 0 Å². The zero-order chi connectivity index (χ0) is 8.27. The lowest BCUT2D eigenvalue weighted by Crippen LogP contribution is -1.82. The van der Waals surface area contributed by atoms with Gasteiger partial charge in [0.15, 0.2) is 0 Å². The number of halogens is 1. The van der Waals surface area contributed by atoms with Crippen LogP contribution >= 0.6 is 11.6 Å². The smallest absolute Gasteiger partial charge is 0.0372 e. The lowest BCUT2D eigenvalue weighted by Gasteiger charge is -1.95. The maximum absolute atomic E-state index is 5.81. The molecule has 0 aliphatic heterocycles. The third-order valence-corrected chi connectivity index (χ3v) is 1.71. The Labute approximate surface area is 72.3 Å². The molecule has 0 bridgehead atoms. The first-order chi connectivity index (χ1) is 5.22. The van der Waals surface area contributed by atoms with E-state index in [0.717, 1.165) is 10.6 Å². The summed E-state index contributed by atoms with van der Waals surface area (Å²) in [5.41, 5.74) is 0.893. The Morgan fingerprint density at radius 2 is 2.18 bits per heavy atom. The normalized spacial score (nSPS) is 23.2. The maximum atomic E-state index is 5.81. The summed E-state index contributed by atoms with van der Waals surface area (Å²) >= 11 is 5.81. The van der Waals surface area contributed by atoms with Crippen molar-refractivity contribution in [3.05, 3.63) is 34.9 Å². The molecule has 0 radical (unpaired) electrons. The SMILES string of the molecule is C#CC1=CC(C)C=C(Cl)C=C1. The van der Waals surface area contributed by atoms with E-state index in [0.29, 0.717) is 5.92 Å². The molecule has 1 unspecified atom stereocenters. The molecule has 1 heteroatoms. The summed E-state index contributed by atoms with van der Waals surface area (Å²) in [5, 5.41) is 0.749. The molecule has 0 aromatic rings. The van der Waals surface area contributed by atoms with Gasteiger partial charge in [-0.05, 0) is 18.1 Å². The van der Waals surface area contributed by atoms with Crippen LogP contribution < -0.4 is 0 Å². The fourth-order valence-corrected chi connectivity index (χ4v) is 1.22. The van der Waals surface area contributed by atoms with E-state index in [-0.39, 0.29) is 0 Å². The maximum Gasteiger partial charge on any atom is 0.0372 e. The second-order valence-corrected chi connectivity index (χ2v) is 2.95. The minimum absolute atomic E-state index is 0.323. The Hall–Kier alpha value is -0.930. The highest BCUT2D eigenvalue weighted by atomic mass is 35.5. The van der Waals surface area contributed by atoms with Crippen LogP contribution in [0.1, 0.15) is 6.92 Å². The zero-order valence-corrected chi connectivity index (χ0v) is 7.10. The van der Waals surface area contributed by atoms with E-state index in [9.17, 15) is 0 Å². The van der Waals surface area contributed by atoms with Crippen LogP contribution in [-0.4, -0.2) is 0 Å². The van der Waals surface area contributed by atoms with Gasteiger partial charge in [-0.2, -0.15) is 0 Å². The first-order valence-corrected chi connectivity index (χ1v) is 3.84. The lowest BCUT2D eigenvalue weighted by atomic mass is 10.1. The summed E-state index contributed by atoms with van der Waals surface area (Å²) in [4.78, 5) is 0. The van der Waals surface area contributed by atoms with Gasteiger partial charge >= 0.3 is 0 Å². The first-order valence-electron chi connectivity index (χ1n) is 3.46. The summed E-state index contributed by atoms with van der Waals surface area (Å²) in [5.74, 6) is 2.90. The van der Waals surface area contributed by atoms with Gasteiger partial charge in [0.25, 0.3) is 0 Å². The van der Waals surface area contributed by atoms with Gasteiger partial charge in [0.1, 0.15) is 0 Å². The molecule has 0 amide bonds. The third-order valence-electron chi connectivity index (χ3n) is 1.45. The van der Waals surface area contributed by atoms with Gasteiger partial charge < -0.3 is 0 Å². The van der Waals surface area contributed by atoms with E-state index in [2.05, 4.69) is 5.92 Å². The van der Waals surface area contributed by atoms with Crippen molar-refractivity contribution >= 4 is 11.6 Å². The van der Waals surface area contributed by atoms with Gasteiger partial charge in [-0.1, -0.05) is 36.6 Å². The molecule has 56 valence electrons. The number of rotatable bonds is 0. The summed E-state index contributed by atoms with van der Waals surface area (Å²) in [6, 6.07) is 0. The van der Waals surface area contributed by atoms with Crippen molar-refractivity contribution in [2.75, 3.05) is 0 Å². The lowest BCUT2D eigenvalue weighted by molar-refractivity contribution is 0.936. The Morgan fingerprint density at radius 3 is 2.82 bits per heavy atom. The van der Waals surface area contributed by atoms with Crippen LogP contribution in [0.4, 0.5) is 0 Å². The average molecular weight is 165 g/mol. The molecule has 0 fully saturated rings. The molecule has 0 saturated heterocycles. The van der Waals surface area contributed by atoms with Gasteiger partial charge in [-0.25, -0.2) is 0 Å². The van der Waals surface area contributed by atoms with E-state index in [1.807, 2.05) is 31.2 Å². The molecule has 0 aromatic heterocycles. The monoisotopic (exact) mass is 164 g/mol. The van der Waals surface area contributed by atoms with Crippen molar-refractivity contribution in [1.29, 1.82) is 0 Å². The van der Waals surface area contributed by atoms with Gasteiger partial charge in [0.2, 0.25) is 0 Å². The zero-order valence-electron chi connectivity index (χ0n) is 6.34. The first kappa shape index (κ1) is 8.17. The number of hydrogen-bond donors (Lipinski definition) is 0. The summed E-state index contributed by atoms with van der Waals surface area (Å²) in [6.45, 7) is 2.05. The predicted octanol–water partition coefficient (Wildman–Crippen LogP) is 2.87. The summed E-state index contributed by atoms with van der Waals surface area (Å²) in [7, 11) is 0. The Balaban J connectivity index is 2.94. The van der Waals surface area contributed by atoms with Crippen molar-refractivity contribution in [3.8, 4) is 12.3 Å². The Morgan fingerprint density at radius 1 is 1.45 bits per heavy atom. The Kier molecular flexibility index (Phi) is 2.57. The number of terminal acetylenes is 1. The summed E-state index contributed by atoms with van der Waals surface area (Å²) in [6.07, 6.45) is 12.9. The van der Waals surface area contributed by atoms with Crippen molar-refractivity contribution in [2.24, 2.45) is 5.92 Å². The molecule has 0 heterocycles. The highest BCUT2D eigenvalue weighted by Crippen LogP contribution is 2.16. The largest absolute Gasteiger partial charge is 0.115 e. The molecule has 1 rings (SSSR count). The standard InChI is InChI=1S/C10H9Cl/c1-3-9-4-5-10(11)7-8(2)6-9/h1,4-8H,2H3. The molecule has 0 saturated carbocycles. The highest BCUT2D eigenvalue weighted by Gasteiger charge is 1.99. The molecule has 1 aliphatic rings. The fourth-order valence-electron chi connectivity index (χ4n) is 0.959. The predicted molar refractivity (Wildman–Crippen MR) is 49.2 cm³/mol. The minimum Gasteiger partial charge on any atom is -0.115 e. The van der Waals surface area contributed by atoms with Crippen LogP contribution in [-0.2, 0) is 0 Å². The van der Waals surface area contributed by atoms with E-state index < -0.39 is 0 Å². The van der Waals surface area contributed by atoms with Crippen molar-refractivity contribution in [1.82, 2.24) is 0 Å². The van der Waals surface area contributed by atoms with E-state index in [4.69, 9.17) is 18.0 Å². The molecule has 0 nitrogen and oxygen atoms in total. The van der Waals surface area contributed by atoms with Crippen LogP contribution in [0.15, 0.2) is 34.9 Å². The van der Waals surface area contributed by atoms with Crippen molar-refractivity contribution < 1.29 is 0 Å². The molecule has 0 aromatic carbocycles. The summed E-state index contributed by atoms with van der Waals surface area (Å²) < 4.78 is 0. The molecular formula is C10H9Cl. The van der Waals surface area contributed by atoms with E-state index >= 15 is 0 Å². The van der Waals surface area contributed by atoms with Crippen molar-refractivity contribution in [3.63, 3.8) is 0 Å². The molecule has 11 heavy (non-hydrogen) atoms. The van der Waals surface area contributed by atoms with E-state index in [1.54, 1.807) is 0 Å². The second-order valence-electron chi connectivity index (χ2n) is 2.51. The molecular weight excluding hydrogens is 156 g/mol. The van der Waals surface area contributed by atoms with Gasteiger partial charge in [0.05, 0.1) is 0 Å². The Bertz CT molecular complexity index is 274. The molecule has 1 aliphatic carbocycles. The van der Waals surface area contributed by atoms with Crippen LogP contribution in [0, 0.1) is 18.3 Å². The van der Waals surface area contributed by atoms with Gasteiger partial charge in [-0.15, -0.1) is 6.42 Å². The van der Waals surface area contributed by atoms with Crippen molar-refractivity contribution in [2.45, 2.75) is 6.92 Å². The van der Waals surface area contributed by atoms with Crippen LogP contribution in [0.25, 0.3) is 0 Å². The fraction of sp³-hybridized carbons (Fsp3) is 0.200. The topological polar surface area (TPSA) is 0 Å². The second kappa shape index (κ2) is 3.46. The third kappa shape index (κ3) is 2.29. The number of allylic oxidation sites excluding steroid dienone is 6. The van der Waals surface area contributed by atoms with Gasteiger partial charge in [-0.3, -0.25) is 0 Å². The number of hydrogen-bond acceptors (Lipinski definition) is 0. The van der Waals surface area contributed by atoms with Crippen LogP contribution in [0.5, 0.6) is 0 Å². The molecule has 1 atom stereocenters. The van der Waals surface area contributed by atoms with Gasteiger partial charge in [0, 0.05) is 10.6 Å². The molecule has 0 N–H and O–H groups in total. The quantitative estimate of drug-likeness (QED) is 0.483. The minimum atomic E-state index is 0.323. The molecule has 0 spiro atoms.